The number of allylic oxidation sites excluding steroid dienone is 1. The molecule has 0 aliphatic carbocycles. The van der Waals surface area contributed by atoms with E-state index < -0.39 is 0 Å². The van der Waals surface area contributed by atoms with Crippen molar-refractivity contribution in [1.82, 2.24) is 5.32 Å². The average molecular weight is 241 g/mol. The molecule has 2 rings (SSSR count). The lowest BCUT2D eigenvalue weighted by molar-refractivity contribution is 0.589. The summed E-state index contributed by atoms with van der Waals surface area (Å²) in [5, 5.41) is 12.5. The predicted octanol–water partition coefficient (Wildman–Crippen LogP) is 2.39. The molecular weight excluding hydrogens is 222 g/mol. The Kier molecular flexibility index (Phi) is 4.01. The molecule has 0 aromatic heterocycles. The first-order valence-corrected chi connectivity index (χ1v) is 6.35. The van der Waals surface area contributed by atoms with E-state index in [9.17, 15) is 5.26 Å². The van der Waals surface area contributed by atoms with Crippen molar-refractivity contribution in [2.75, 3.05) is 31.1 Å². The Morgan fingerprint density at radius 1 is 1.33 bits per heavy atom. The number of nitrogens with one attached hydrogen (secondary N) is 1. The van der Waals surface area contributed by atoms with Crippen LogP contribution in [0.3, 0.4) is 0 Å². The van der Waals surface area contributed by atoms with Gasteiger partial charge in [-0.3, -0.25) is 0 Å². The second-order valence-electron chi connectivity index (χ2n) is 4.85. The maximum absolute atomic E-state index is 9.21. The summed E-state index contributed by atoms with van der Waals surface area (Å²) >= 11 is 0. The van der Waals surface area contributed by atoms with E-state index in [0.29, 0.717) is 0 Å². The van der Waals surface area contributed by atoms with Gasteiger partial charge in [-0.2, -0.15) is 5.26 Å². The van der Waals surface area contributed by atoms with Gasteiger partial charge in [0.1, 0.15) is 6.07 Å². The normalized spacial score (nSPS) is 15.1. The van der Waals surface area contributed by atoms with Crippen LogP contribution in [0.2, 0.25) is 0 Å². The van der Waals surface area contributed by atoms with Crippen LogP contribution in [0, 0.1) is 11.3 Å². The van der Waals surface area contributed by atoms with Crippen LogP contribution >= 0.6 is 0 Å². The van der Waals surface area contributed by atoms with Crippen molar-refractivity contribution >= 4 is 11.8 Å². The summed E-state index contributed by atoms with van der Waals surface area (Å²) in [6, 6.07) is 8.35. The Morgan fingerprint density at radius 3 is 2.67 bits per heavy atom. The Labute approximate surface area is 109 Å². The largest absolute Gasteiger partial charge is 0.368 e. The fourth-order valence-electron chi connectivity index (χ4n) is 2.23. The highest BCUT2D eigenvalue weighted by molar-refractivity contribution is 5.66. The smallest absolute Gasteiger partial charge is 0.101 e. The van der Waals surface area contributed by atoms with E-state index in [4.69, 9.17) is 0 Å². The molecule has 1 aliphatic rings. The molecule has 1 aromatic rings. The third kappa shape index (κ3) is 2.91. The first-order chi connectivity index (χ1) is 8.70. The van der Waals surface area contributed by atoms with E-state index in [1.165, 1.54) is 11.1 Å². The summed E-state index contributed by atoms with van der Waals surface area (Å²) in [6.45, 7) is 8.07. The van der Waals surface area contributed by atoms with Gasteiger partial charge in [0.2, 0.25) is 0 Å². The molecule has 0 amide bonds. The van der Waals surface area contributed by atoms with Gasteiger partial charge in [-0.1, -0.05) is 17.7 Å². The number of benzene rings is 1. The Bertz CT molecular complexity index is 487. The zero-order valence-electron chi connectivity index (χ0n) is 11.0. The topological polar surface area (TPSA) is 39.1 Å². The summed E-state index contributed by atoms with van der Waals surface area (Å²) < 4.78 is 0. The molecule has 18 heavy (non-hydrogen) atoms. The highest BCUT2D eigenvalue weighted by Crippen LogP contribution is 2.23. The van der Waals surface area contributed by atoms with Crippen molar-refractivity contribution in [1.29, 1.82) is 5.26 Å². The number of hydrogen-bond donors (Lipinski definition) is 1. The predicted molar refractivity (Wildman–Crippen MR) is 75.6 cm³/mol. The molecule has 94 valence electrons. The molecule has 1 N–H and O–H groups in total. The quantitative estimate of drug-likeness (QED) is 0.864. The van der Waals surface area contributed by atoms with Crippen molar-refractivity contribution in [3.05, 3.63) is 34.9 Å². The molecule has 0 saturated carbocycles. The molecule has 3 heteroatoms. The number of nitriles is 1. The third-order valence-electron chi connectivity index (χ3n) is 3.06. The lowest BCUT2D eigenvalue weighted by Gasteiger charge is -2.30. The van der Waals surface area contributed by atoms with Crippen LogP contribution in [0.5, 0.6) is 0 Å². The highest BCUT2D eigenvalue weighted by Gasteiger charge is 2.14. The van der Waals surface area contributed by atoms with Gasteiger partial charge in [0.05, 0.1) is 11.3 Å². The molecule has 1 aromatic carbocycles. The molecular formula is C15H19N3. The summed E-state index contributed by atoms with van der Waals surface area (Å²) in [6.07, 6.45) is 2.15. The van der Waals surface area contributed by atoms with Gasteiger partial charge < -0.3 is 10.2 Å². The van der Waals surface area contributed by atoms with Gasteiger partial charge in [0.25, 0.3) is 0 Å². The molecule has 1 heterocycles. The second-order valence-corrected chi connectivity index (χ2v) is 4.85. The number of anilines is 1. The minimum Gasteiger partial charge on any atom is -0.368 e. The fraction of sp³-hybridized carbons (Fsp3) is 0.400. The van der Waals surface area contributed by atoms with E-state index in [2.05, 4.69) is 42.3 Å². The van der Waals surface area contributed by atoms with E-state index in [1.807, 2.05) is 12.1 Å². The first kappa shape index (κ1) is 12.7. The zero-order valence-corrected chi connectivity index (χ0v) is 11.0. The summed E-state index contributed by atoms with van der Waals surface area (Å²) in [7, 11) is 0. The Balaban J connectivity index is 2.36. The van der Waals surface area contributed by atoms with Crippen molar-refractivity contribution in [2.24, 2.45) is 0 Å². The van der Waals surface area contributed by atoms with Crippen LogP contribution in [0.4, 0.5) is 5.69 Å². The van der Waals surface area contributed by atoms with Crippen LogP contribution in [0.25, 0.3) is 6.08 Å². The average Bonchev–Trinajstić information content (AvgIpc) is 2.39. The molecule has 0 radical (unpaired) electrons. The zero-order chi connectivity index (χ0) is 13.0. The maximum atomic E-state index is 9.21. The number of piperazine rings is 1. The molecule has 1 saturated heterocycles. The van der Waals surface area contributed by atoms with E-state index >= 15 is 0 Å². The van der Waals surface area contributed by atoms with Crippen molar-refractivity contribution in [2.45, 2.75) is 13.8 Å². The number of hydrogen-bond acceptors (Lipinski definition) is 3. The van der Waals surface area contributed by atoms with Crippen LogP contribution in [-0.4, -0.2) is 26.2 Å². The molecule has 1 aliphatic heterocycles. The number of rotatable bonds is 2. The minimum absolute atomic E-state index is 0.766. The molecule has 0 atom stereocenters. The Morgan fingerprint density at radius 2 is 2.06 bits per heavy atom. The molecule has 1 fully saturated rings. The lowest BCUT2D eigenvalue weighted by Crippen LogP contribution is -2.43. The van der Waals surface area contributed by atoms with E-state index in [0.717, 1.165) is 37.4 Å². The van der Waals surface area contributed by atoms with Crippen LogP contribution in [0.1, 0.15) is 25.0 Å². The molecule has 0 unspecified atom stereocenters. The maximum Gasteiger partial charge on any atom is 0.101 e. The van der Waals surface area contributed by atoms with Gasteiger partial charge in [0.15, 0.2) is 0 Å². The van der Waals surface area contributed by atoms with Gasteiger partial charge in [0, 0.05) is 26.2 Å². The molecule has 0 bridgehead atoms. The van der Waals surface area contributed by atoms with Gasteiger partial charge in [-0.25, -0.2) is 0 Å². The Hall–Kier alpha value is -1.79. The van der Waals surface area contributed by atoms with Crippen molar-refractivity contribution < 1.29 is 0 Å². The SMILES string of the molecule is CC(C)=Cc1ccc(C#N)c(N2CCNCC2)c1. The summed E-state index contributed by atoms with van der Waals surface area (Å²) in [4.78, 5) is 2.29. The van der Waals surface area contributed by atoms with E-state index in [1.54, 1.807) is 0 Å². The second kappa shape index (κ2) is 5.70. The van der Waals surface area contributed by atoms with E-state index in [-0.39, 0.29) is 0 Å². The first-order valence-electron chi connectivity index (χ1n) is 6.35. The lowest BCUT2D eigenvalue weighted by atomic mass is 10.1. The highest BCUT2D eigenvalue weighted by atomic mass is 15.2. The molecule has 0 spiro atoms. The van der Waals surface area contributed by atoms with Gasteiger partial charge in [-0.05, 0) is 31.5 Å². The summed E-state index contributed by atoms with van der Waals surface area (Å²) in [5.41, 5.74) is 4.27. The monoisotopic (exact) mass is 241 g/mol. The summed E-state index contributed by atoms with van der Waals surface area (Å²) in [5.74, 6) is 0. The minimum atomic E-state index is 0.766. The van der Waals surface area contributed by atoms with Gasteiger partial charge >= 0.3 is 0 Å². The fourth-order valence-corrected chi connectivity index (χ4v) is 2.23. The van der Waals surface area contributed by atoms with Crippen LogP contribution in [-0.2, 0) is 0 Å². The number of nitrogens with zero attached hydrogens (tertiary/aromatic N) is 2. The molecule has 3 nitrogen and oxygen atoms in total. The van der Waals surface area contributed by atoms with Crippen LogP contribution < -0.4 is 10.2 Å². The van der Waals surface area contributed by atoms with Gasteiger partial charge in [-0.15, -0.1) is 0 Å². The van der Waals surface area contributed by atoms with Crippen molar-refractivity contribution in [3.8, 4) is 6.07 Å². The van der Waals surface area contributed by atoms with Crippen molar-refractivity contribution in [3.63, 3.8) is 0 Å². The van der Waals surface area contributed by atoms with Crippen LogP contribution in [0.15, 0.2) is 23.8 Å². The third-order valence-corrected chi connectivity index (χ3v) is 3.06. The standard InChI is InChI=1S/C15H19N3/c1-12(2)9-13-3-4-14(11-16)15(10-13)18-7-5-17-6-8-18/h3-4,9-10,17H,5-8H2,1-2H3.